The summed E-state index contributed by atoms with van der Waals surface area (Å²) >= 11 is 0. The van der Waals surface area contributed by atoms with Crippen molar-refractivity contribution in [1.29, 1.82) is 0 Å². The highest BCUT2D eigenvalue weighted by Crippen LogP contribution is 2.20. The maximum absolute atomic E-state index is 13.2. The third-order valence-electron chi connectivity index (χ3n) is 3.69. The Morgan fingerprint density at radius 3 is 2.74 bits per heavy atom. The molecule has 1 atom stereocenters. The Kier molecular flexibility index (Phi) is 5.44. The van der Waals surface area contributed by atoms with E-state index in [4.69, 9.17) is 4.74 Å². The van der Waals surface area contributed by atoms with Crippen molar-refractivity contribution in [2.24, 2.45) is 5.92 Å². The molecular formula is C17H24F2N2O2. The molecule has 1 aliphatic rings. The number of carbonyl (C=O) groups excluding carboxylic acids is 1. The maximum atomic E-state index is 13.2. The van der Waals surface area contributed by atoms with Gasteiger partial charge in [-0.05, 0) is 57.7 Å². The summed E-state index contributed by atoms with van der Waals surface area (Å²) in [6, 6.07) is 3.75. The summed E-state index contributed by atoms with van der Waals surface area (Å²) in [5.41, 5.74) is 0.0340. The average Bonchev–Trinajstić information content (AvgIpc) is 2.47. The Morgan fingerprint density at radius 2 is 2.09 bits per heavy atom. The van der Waals surface area contributed by atoms with Crippen LogP contribution in [0.3, 0.4) is 0 Å². The van der Waals surface area contributed by atoms with Crippen LogP contribution in [0.25, 0.3) is 0 Å². The molecule has 1 aliphatic heterocycles. The Labute approximate surface area is 135 Å². The van der Waals surface area contributed by atoms with Gasteiger partial charge in [0.1, 0.15) is 5.60 Å². The van der Waals surface area contributed by atoms with Crippen molar-refractivity contribution in [3.05, 3.63) is 29.8 Å². The molecule has 23 heavy (non-hydrogen) atoms. The molecule has 1 N–H and O–H groups in total. The highest BCUT2D eigenvalue weighted by Gasteiger charge is 2.27. The van der Waals surface area contributed by atoms with E-state index in [0.29, 0.717) is 25.3 Å². The summed E-state index contributed by atoms with van der Waals surface area (Å²) in [6.45, 7) is 7.43. The third-order valence-corrected chi connectivity index (χ3v) is 3.69. The molecule has 1 unspecified atom stereocenters. The number of amides is 1. The predicted octanol–water partition coefficient (Wildman–Crippen LogP) is 4.02. The molecule has 128 valence electrons. The molecule has 4 nitrogen and oxygen atoms in total. The van der Waals surface area contributed by atoms with Crippen LogP contribution in [0.1, 0.15) is 33.6 Å². The van der Waals surface area contributed by atoms with Gasteiger partial charge in [0, 0.05) is 25.3 Å². The van der Waals surface area contributed by atoms with Crippen molar-refractivity contribution in [2.45, 2.75) is 39.2 Å². The second-order valence-corrected chi connectivity index (χ2v) is 6.94. The van der Waals surface area contributed by atoms with E-state index in [2.05, 4.69) is 5.32 Å². The van der Waals surface area contributed by atoms with Gasteiger partial charge in [-0.15, -0.1) is 0 Å². The second kappa shape index (κ2) is 7.15. The van der Waals surface area contributed by atoms with E-state index in [1.54, 1.807) is 4.90 Å². The average molecular weight is 326 g/mol. The molecule has 0 aromatic heterocycles. The van der Waals surface area contributed by atoms with Gasteiger partial charge < -0.3 is 15.0 Å². The van der Waals surface area contributed by atoms with Crippen LogP contribution in [-0.4, -0.2) is 36.2 Å². The van der Waals surface area contributed by atoms with Crippen LogP contribution in [0.5, 0.6) is 0 Å². The van der Waals surface area contributed by atoms with Crippen LogP contribution in [0, 0.1) is 17.6 Å². The first-order valence-corrected chi connectivity index (χ1v) is 7.91. The first kappa shape index (κ1) is 17.5. The van der Waals surface area contributed by atoms with E-state index in [1.807, 2.05) is 20.8 Å². The van der Waals surface area contributed by atoms with Crippen molar-refractivity contribution in [1.82, 2.24) is 4.90 Å². The topological polar surface area (TPSA) is 41.6 Å². The molecule has 0 aliphatic carbocycles. The van der Waals surface area contributed by atoms with E-state index in [-0.39, 0.29) is 12.0 Å². The number of rotatable bonds is 3. The van der Waals surface area contributed by atoms with Gasteiger partial charge >= 0.3 is 6.09 Å². The molecule has 0 spiro atoms. The number of piperidine rings is 1. The molecule has 1 fully saturated rings. The van der Waals surface area contributed by atoms with Gasteiger partial charge in [0.2, 0.25) is 0 Å². The SMILES string of the molecule is CC(C)(C)OC(=O)N1CCCC(CNc2ccc(F)c(F)c2)C1. The fraction of sp³-hybridized carbons (Fsp3) is 0.588. The van der Waals surface area contributed by atoms with Gasteiger partial charge in [0.05, 0.1) is 0 Å². The smallest absolute Gasteiger partial charge is 0.410 e. The predicted molar refractivity (Wildman–Crippen MR) is 85.4 cm³/mol. The lowest BCUT2D eigenvalue weighted by Crippen LogP contribution is -2.44. The standard InChI is InChI=1S/C17H24F2N2O2/c1-17(2,3)23-16(22)21-8-4-5-12(11-21)10-20-13-6-7-14(18)15(19)9-13/h6-7,9,12,20H,4-5,8,10-11H2,1-3H3. The zero-order valence-corrected chi connectivity index (χ0v) is 13.9. The molecule has 6 heteroatoms. The number of halogens is 2. The number of anilines is 1. The van der Waals surface area contributed by atoms with Crippen LogP contribution in [0.15, 0.2) is 18.2 Å². The lowest BCUT2D eigenvalue weighted by molar-refractivity contribution is 0.0172. The highest BCUT2D eigenvalue weighted by atomic mass is 19.2. The van der Waals surface area contributed by atoms with E-state index in [9.17, 15) is 13.6 Å². The normalized spacial score (nSPS) is 18.7. The first-order chi connectivity index (χ1) is 10.7. The minimum Gasteiger partial charge on any atom is -0.444 e. The molecule has 1 aromatic rings. The summed E-state index contributed by atoms with van der Waals surface area (Å²) in [4.78, 5) is 13.8. The number of ether oxygens (including phenoxy) is 1. The quantitative estimate of drug-likeness (QED) is 0.912. The van der Waals surface area contributed by atoms with Gasteiger partial charge in [-0.25, -0.2) is 13.6 Å². The lowest BCUT2D eigenvalue weighted by atomic mass is 9.98. The van der Waals surface area contributed by atoms with Crippen LogP contribution in [0.2, 0.25) is 0 Å². The highest BCUT2D eigenvalue weighted by molar-refractivity contribution is 5.68. The number of carbonyl (C=O) groups is 1. The molecule has 0 bridgehead atoms. The van der Waals surface area contributed by atoms with Crippen molar-refractivity contribution >= 4 is 11.8 Å². The van der Waals surface area contributed by atoms with Gasteiger partial charge in [-0.3, -0.25) is 0 Å². The van der Waals surface area contributed by atoms with E-state index in [1.165, 1.54) is 6.07 Å². The number of hydrogen-bond donors (Lipinski definition) is 1. The van der Waals surface area contributed by atoms with Crippen molar-refractivity contribution in [2.75, 3.05) is 25.0 Å². The summed E-state index contributed by atoms with van der Waals surface area (Å²) < 4.78 is 31.5. The molecule has 0 saturated carbocycles. The van der Waals surface area contributed by atoms with Gasteiger partial charge in [-0.1, -0.05) is 0 Å². The summed E-state index contributed by atoms with van der Waals surface area (Å²) in [5.74, 6) is -1.47. The zero-order valence-electron chi connectivity index (χ0n) is 13.9. The van der Waals surface area contributed by atoms with Crippen LogP contribution in [-0.2, 0) is 4.74 Å². The number of nitrogens with one attached hydrogen (secondary N) is 1. The third kappa shape index (κ3) is 5.37. The maximum Gasteiger partial charge on any atom is 0.410 e. The van der Waals surface area contributed by atoms with Crippen LogP contribution >= 0.6 is 0 Å². The number of likely N-dealkylation sites (tertiary alicyclic amines) is 1. The largest absolute Gasteiger partial charge is 0.444 e. The first-order valence-electron chi connectivity index (χ1n) is 7.91. The minimum atomic E-state index is -0.867. The Bertz CT molecular complexity index is 558. The summed E-state index contributed by atoms with van der Waals surface area (Å²) in [5, 5.41) is 3.10. The number of hydrogen-bond acceptors (Lipinski definition) is 3. The molecule has 1 saturated heterocycles. The van der Waals surface area contributed by atoms with Crippen molar-refractivity contribution in [3.8, 4) is 0 Å². The Morgan fingerprint density at radius 1 is 1.35 bits per heavy atom. The van der Waals surface area contributed by atoms with E-state index < -0.39 is 17.2 Å². The number of benzene rings is 1. The fourth-order valence-corrected chi connectivity index (χ4v) is 2.59. The van der Waals surface area contributed by atoms with Crippen molar-refractivity contribution < 1.29 is 18.3 Å². The van der Waals surface area contributed by atoms with E-state index >= 15 is 0 Å². The minimum absolute atomic E-state index is 0.254. The summed E-state index contributed by atoms with van der Waals surface area (Å²) in [6.07, 6.45) is 1.59. The lowest BCUT2D eigenvalue weighted by Gasteiger charge is -2.34. The molecule has 1 aromatic carbocycles. The number of nitrogens with zero attached hydrogens (tertiary/aromatic N) is 1. The Hall–Kier alpha value is -1.85. The summed E-state index contributed by atoms with van der Waals surface area (Å²) in [7, 11) is 0. The second-order valence-electron chi connectivity index (χ2n) is 6.94. The van der Waals surface area contributed by atoms with Crippen molar-refractivity contribution in [3.63, 3.8) is 0 Å². The van der Waals surface area contributed by atoms with Gasteiger partial charge in [0.15, 0.2) is 11.6 Å². The Balaban J connectivity index is 1.86. The fourth-order valence-electron chi connectivity index (χ4n) is 2.59. The zero-order chi connectivity index (χ0) is 17.0. The molecular weight excluding hydrogens is 302 g/mol. The molecule has 1 amide bonds. The van der Waals surface area contributed by atoms with Crippen LogP contribution < -0.4 is 5.32 Å². The van der Waals surface area contributed by atoms with Gasteiger partial charge in [0.25, 0.3) is 0 Å². The molecule has 1 heterocycles. The van der Waals surface area contributed by atoms with E-state index in [0.717, 1.165) is 25.0 Å². The molecule has 0 radical (unpaired) electrons. The molecule has 2 rings (SSSR count). The monoisotopic (exact) mass is 326 g/mol. The van der Waals surface area contributed by atoms with Gasteiger partial charge in [-0.2, -0.15) is 0 Å². The van der Waals surface area contributed by atoms with Crippen LogP contribution in [0.4, 0.5) is 19.3 Å².